The predicted octanol–water partition coefficient (Wildman–Crippen LogP) is 3.29. The summed E-state index contributed by atoms with van der Waals surface area (Å²) >= 11 is 0. The Balaban J connectivity index is 1.97. The zero-order valence-corrected chi connectivity index (χ0v) is 11.3. The Kier molecular flexibility index (Phi) is 4.59. The Labute approximate surface area is 109 Å². The van der Waals surface area contributed by atoms with Crippen molar-refractivity contribution in [2.75, 3.05) is 13.3 Å². The number of nitrogens with one attached hydrogen (secondary N) is 1. The monoisotopic (exact) mass is 251 g/mol. The molecule has 1 fully saturated rings. The molecule has 0 amide bonds. The van der Waals surface area contributed by atoms with Crippen molar-refractivity contribution < 1.29 is 9.13 Å². The molecule has 2 nitrogen and oxygen atoms in total. The fourth-order valence-corrected chi connectivity index (χ4v) is 2.15. The maximum absolute atomic E-state index is 12.1. The third kappa shape index (κ3) is 3.70. The van der Waals surface area contributed by atoms with Gasteiger partial charge in [-0.2, -0.15) is 0 Å². The van der Waals surface area contributed by atoms with Gasteiger partial charge in [0.1, 0.15) is 5.75 Å². The Morgan fingerprint density at radius 1 is 1.28 bits per heavy atom. The van der Waals surface area contributed by atoms with Gasteiger partial charge in [0, 0.05) is 19.0 Å². The molecular weight excluding hydrogens is 229 g/mol. The van der Waals surface area contributed by atoms with Gasteiger partial charge < -0.3 is 10.1 Å². The molecule has 1 aromatic carbocycles. The lowest BCUT2D eigenvalue weighted by Gasteiger charge is -2.14. The number of halogens is 1. The average Bonchev–Trinajstić information content (AvgIpc) is 3.14. The molecule has 2 rings (SSSR count). The quantitative estimate of drug-likeness (QED) is 0.751. The summed E-state index contributed by atoms with van der Waals surface area (Å²) in [5.74, 6) is 0.915. The third-order valence-electron chi connectivity index (χ3n) is 3.22. The van der Waals surface area contributed by atoms with Crippen LogP contribution in [0, 0.1) is 13.8 Å². The minimum absolute atomic E-state index is 0.318. The lowest BCUT2D eigenvalue weighted by atomic mass is 10.1. The van der Waals surface area contributed by atoms with Gasteiger partial charge in [0.15, 0.2) is 0 Å². The van der Waals surface area contributed by atoms with Gasteiger partial charge >= 0.3 is 0 Å². The molecule has 3 heteroatoms. The number of aryl methyl sites for hydroxylation is 2. The van der Waals surface area contributed by atoms with Gasteiger partial charge in [-0.15, -0.1) is 0 Å². The van der Waals surface area contributed by atoms with Crippen LogP contribution in [0.1, 0.15) is 36.0 Å². The number of rotatable bonds is 7. The molecule has 0 spiro atoms. The predicted molar refractivity (Wildman–Crippen MR) is 71.9 cm³/mol. The topological polar surface area (TPSA) is 21.3 Å². The average molecular weight is 251 g/mol. The highest BCUT2D eigenvalue weighted by Crippen LogP contribution is 2.26. The first-order chi connectivity index (χ1) is 8.70. The molecule has 0 aromatic heterocycles. The summed E-state index contributed by atoms with van der Waals surface area (Å²) in [4.78, 5) is 0. The van der Waals surface area contributed by atoms with Crippen molar-refractivity contribution in [3.63, 3.8) is 0 Å². The second kappa shape index (κ2) is 6.19. The minimum atomic E-state index is -0.318. The van der Waals surface area contributed by atoms with E-state index >= 15 is 0 Å². The van der Waals surface area contributed by atoms with Crippen molar-refractivity contribution in [2.24, 2.45) is 0 Å². The zero-order valence-electron chi connectivity index (χ0n) is 11.3. The van der Waals surface area contributed by atoms with Crippen LogP contribution in [-0.4, -0.2) is 19.3 Å². The third-order valence-corrected chi connectivity index (χ3v) is 3.22. The molecule has 100 valence electrons. The number of ether oxygens (including phenoxy) is 1. The Morgan fingerprint density at radius 2 is 1.94 bits per heavy atom. The highest BCUT2D eigenvalue weighted by atomic mass is 19.1. The fourth-order valence-electron chi connectivity index (χ4n) is 2.15. The lowest BCUT2D eigenvalue weighted by molar-refractivity contribution is 0.286. The van der Waals surface area contributed by atoms with Gasteiger partial charge in [0.05, 0.1) is 13.3 Å². The molecule has 1 aliphatic rings. The van der Waals surface area contributed by atoms with Crippen LogP contribution in [0.25, 0.3) is 0 Å². The van der Waals surface area contributed by atoms with Crippen LogP contribution >= 0.6 is 0 Å². The van der Waals surface area contributed by atoms with Crippen molar-refractivity contribution in [3.8, 4) is 5.75 Å². The molecule has 0 bridgehead atoms. The second-order valence-corrected chi connectivity index (χ2v) is 5.10. The summed E-state index contributed by atoms with van der Waals surface area (Å²) < 4.78 is 17.7. The van der Waals surface area contributed by atoms with Crippen molar-refractivity contribution in [1.82, 2.24) is 5.32 Å². The number of hydrogen-bond acceptors (Lipinski definition) is 2. The van der Waals surface area contributed by atoms with Crippen LogP contribution in [0.3, 0.4) is 0 Å². The first kappa shape index (κ1) is 13.3. The molecule has 1 saturated carbocycles. The summed E-state index contributed by atoms with van der Waals surface area (Å²) in [7, 11) is 0. The van der Waals surface area contributed by atoms with Gasteiger partial charge in [-0.05, 0) is 43.4 Å². The highest BCUT2D eigenvalue weighted by Gasteiger charge is 2.20. The van der Waals surface area contributed by atoms with Crippen molar-refractivity contribution >= 4 is 0 Å². The SMILES string of the molecule is Cc1cc(CNC2CC2)cc(C)c1OCCCF. The van der Waals surface area contributed by atoms with Crippen LogP contribution in [-0.2, 0) is 6.54 Å². The maximum Gasteiger partial charge on any atom is 0.125 e. The van der Waals surface area contributed by atoms with E-state index < -0.39 is 0 Å². The second-order valence-electron chi connectivity index (χ2n) is 5.10. The first-order valence-corrected chi connectivity index (χ1v) is 6.73. The van der Waals surface area contributed by atoms with Crippen LogP contribution in [0.5, 0.6) is 5.75 Å². The summed E-state index contributed by atoms with van der Waals surface area (Å²) in [6.45, 7) is 5.17. The molecule has 0 saturated heterocycles. The Bertz CT molecular complexity index is 378. The van der Waals surface area contributed by atoms with Gasteiger partial charge in [0.2, 0.25) is 0 Å². The first-order valence-electron chi connectivity index (χ1n) is 6.73. The lowest BCUT2D eigenvalue weighted by Crippen LogP contribution is -2.15. The van der Waals surface area contributed by atoms with Gasteiger partial charge in [-0.25, -0.2) is 0 Å². The molecule has 0 unspecified atom stereocenters. The molecule has 0 aliphatic heterocycles. The van der Waals surface area contributed by atoms with Crippen LogP contribution < -0.4 is 10.1 Å². The molecule has 1 aromatic rings. The van der Waals surface area contributed by atoms with E-state index in [4.69, 9.17) is 4.74 Å². The van der Waals surface area contributed by atoms with Crippen LogP contribution in [0.4, 0.5) is 4.39 Å². The summed E-state index contributed by atoms with van der Waals surface area (Å²) in [5.41, 5.74) is 3.58. The van der Waals surface area contributed by atoms with E-state index in [9.17, 15) is 4.39 Å². The maximum atomic E-state index is 12.1. The van der Waals surface area contributed by atoms with E-state index in [1.54, 1.807) is 0 Å². The van der Waals surface area contributed by atoms with Gasteiger partial charge in [-0.1, -0.05) is 12.1 Å². The standard InChI is InChI=1S/C15H22FNO/c1-11-8-13(10-17-14-4-5-14)9-12(2)15(11)18-7-3-6-16/h8-9,14,17H,3-7,10H2,1-2H3. The molecule has 1 aliphatic carbocycles. The van der Waals surface area contributed by atoms with Crippen LogP contribution in [0.2, 0.25) is 0 Å². The number of hydrogen-bond donors (Lipinski definition) is 1. The largest absolute Gasteiger partial charge is 0.493 e. The zero-order chi connectivity index (χ0) is 13.0. The molecule has 1 N–H and O–H groups in total. The van der Waals surface area contributed by atoms with E-state index in [1.165, 1.54) is 18.4 Å². The van der Waals surface area contributed by atoms with E-state index in [0.717, 1.165) is 29.5 Å². The molecule has 0 heterocycles. The normalized spacial score (nSPS) is 14.8. The highest BCUT2D eigenvalue weighted by molar-refractivity contribution is 5.43. The summed E-state index contributed by atoms with van der Waals surface area (Å²) in [5, 5.41) is 3.51. The smallest absolute Gasteiger partial charge is 0.125 e. The van der Waals surface area contributed by atoms with Crippen LogP contribution in [0.15, 0.2) is 12.1 Å². The number of benzene rings is 1. The summed E-state index contributed by atoms with van der Waals surface area (Å²) in [6, 6.07) is 5.05. The van der Waals surface area contributed by atoms with Crippen molar-refractivity contribution in [2.45, 2.75) is 45.7 Å². The van der Waals surface area contributed by atoms with E-state index in [2.05, 4.69) is 31.3 Å². The minimum Gasteiger partial charge on any atom is -0.493 e. The Morgan fingerprint density at radius 3 is 2.50 bits per heavy atom. The molecule has 0 radical (unpaired) electrons. The molecule has 18 heavy (non-hydrogen) atoms. The fraction of sp³-hybridized carbons (Fsp3) is 0.600. The number of alkyl halides is 1. The van der Waals surface area contributed by atoms with Gasteiger partial charge in [-0.3, -0.25) is 4.39 Å². The van der Waals surface area contributed by atoms with E-state index in [0.29, 0.717) is 13.0 Å². The molecular formula is C15H22FNO. The van der Waals surface area contributed by atoms with E-state index in [-0.39, 0.29) is 6.67 Å². The Hall–Kier alpha value is -1.09. The van der Waals surface area contributed by atoms with Crippen molar-refractivity contribution in [3.05, 3.63) is 28.8 Å². The molecule has 0 atom stereocenters. The van der Waals surface area contributed by atoms with E-state index in [1.807, 2.05) is 0 Å². The summed E-state index contributed by atoms with van der Waals surface area (Å²) in [6.07, 6.45) is 3.08. The van der Waals surface area contributed by atoms with Gasteiger partial charge in [0.25, 0.3) is 0 Å². The van der Waals surface area contributed by atoms with Crippen molar-refractivity contribution in [1.29, 1.82) is 0 Å².